The monoisotopic (exact) mass is 481 g/mol. The molecule has 0 bridgehead atoms. The highest BCUT2D eigenvalue weighted by Gasteiger charge is 2.39. The number of benzene rings is 2. The zero-order valence-electron chi connectivity index (χ0n) is 20.2. The number of carboxylic acid groups (broad SMARTS) is 1. The summed E-state index contributed by atoms with van der Waals surface area (Å²) in [5, 5.41) is 13.5. The van der Waals surface area contributed by atoms with Crippen LogP contribution >= 0.6 is 0 Å². The molecule has 1 fully saturated rings. The number of fused-ring (bicyclic) bond motifs is 2. The third-order valence-corrected chi connectivity index (χ3v) is 7.43. The van der Waals surface area contributed by atoms with Crippen LogP contribution < -0.4 is 5.73 Å². The smallest absolute Gasteiger partial charge is 0.307 e. The lowest BCUT2D eigenvalue weighted by Gasteiger charge is -2.24. The summed E-state index contributed by atoms with van der Waals surface area (Å²) in [6.07, 6.45) is 4.21. The van der Waals surface area contributed by atoms with Crippen LogP contribution in [0.3, 0.4) is 0 Å². The fourth-order valence-electron chi connectivity index (χ4n) is 5.35. The van der Waals surface area contributed by atoms with Crippen LogP contribution in [-0.4, -0.2) is 42.5 Å². The van der Waals surface area contributed by atoms with Crippen LogP contribution in [-0.2, 0) is 17.8 Å². The molecule has 0 spiro atoms. The molecule has 2 aromatic carbocycles. The predicted octanol–water partition coefficient (Wildman–Crippen LogP) is 4.34. The van der Waals surface area contributed by atoms with Gasteiger partial charge in [-0.25, -0.2) is 9.50 Å². The van der Waals surface area contributed by atoms with Gasteiger partial charge in [0.1, 0.15) is 0 Å². The standard InChI is InChI=1S/C28H27N5O3/c1-15-11-20(13-21-14-32(28(36)24(15)21)16(2)18-7-8-18)22-9-10-33-27(30-22)25(26(29)31-33)19-5-3-17(4-6-19)12-23(34)35/h3-6,9-11,13,16,18H,7-8,12,14H2,1-2H3,(H2,29,31)(H,34,35)/t16-/m0/s1. The predicted molar refractivity (Wildman–Crippen MR) is 136 cm³/mol. The van der Waals surface area contributed by atoms with Gasteiger partial charge in [-0.3, -0.25) is 9.59 Å². The van der Waals surface area contributed by atoms with Crippen molar-refractivity contribution in [3.8, 4) is 22.4 Å². The molecule has 1 atom stereocenters. The molecule has 8 heteroatoms. The van der Waals surface area contributed by atoms with Crippen molar-refractivity contribution >= 4 is 23.3 Å². The molecule has 182 valence electrons. The van der Waals surface area contributed by atoms with E-state index in [-0.39, 0.29) is 18.4 Å². The van der Waals surface area contributed by atoms with E-state index in [0.29, 0.717) is 35.1 Å². The number of aromatic nitrogens is 3. The summed E-state index contributed by atoms with van der Waals surface area (Å²) in [5.41, 5.74) is 13.7. The van der Waals surface area contributed by atoms with Gasteiger partial charge in [0.15, 0.2) is 11.5 Å². The number of carboxylic acids is 1. The van der Waals surface area contributed by atoms with Crippen LogP contribution in [0.2, 0.25) is 0 Å². The normalized spacial score (nSPS) is 15.9. The maximum atomic E-state index is 13.2. The van der Waals surface area contributed by atoms with E-state index in [4.69, 9.17) is 15.8 Å². The number of hydrogen-bond acceptors (Lipinski definition) is 5. The van der Waals surface area contributed by atoms with E-state index in [1.807, 2.05) is 42.3 Å². The topological polar surface area (TPSA) is 114 Å². The van der Waals surface area contributed by atoms with E-state index >= 15 is 0 Å². The number of rotatable bonds is 6. The number of carbonyl (C=O) groups excluding carboxylic acids is 1. The third-order valence-electron chi connectivity index (χ3n) is 7.43. The molecule has 3 heterocycles. The first kappa shape index (κ1) is 22.3. The first-order valence-corrected chi connectivity index (χ1v) is 12.2. The maximum absolute atomic E-state index is 13.2. The van der Waals surface area contributed by atoms with Crippen molar-refractivity contribution in [2.75, 3.05) is 5.73 Å². The Balaban J connectivity index is 1.38. The summed E-state index contributed by atoms with van der Waals surface area (Å²) in [5.74, 6) is 0.234. The molecule has 1 saturated carbocycles. The van der Waals surface area contributed by atoms with Crippen LogP contribution in [0.25, 0.3) is 28.0 Å². The quantitative estimate of drug-likeness (QED) is 0.424. The average molecular weight is 482 g/mol. The average Bonchev–Trinajstić information content (AvgIpc) is 3.56. The Morgan fingerprint density at radius 3 is 2.58 bits per heavy atom. The van der Waals surface area contributed by atoms with Crippen molar-refractivity contribution in [3.05, 3.63) is 70.9 Å². The first-order valence-electron chi connectivity index (χ1n) is 12.2. The van der Waals surface area contributed by atoms with Crippen molar-refractivity contribution in [2.24, 2.45) is 5.92 Å². The number of carbonyl (C=O) groups is 2. The van der Waals surface area contributed by atoms with Gasteiger partial charge in [0.25, 0.3) is 5.91 Å². The summed E-state index contributed by atoms with van der Waals surface area (Å²) >= 11 is 0. The first-order chi connectivity index (χ1) is 17.3. The van der Waals surface area contributed by atoms with Crippen LogP contribution in [0.5, 0.6) is 0 Å². The van der Waals surface area contributed by atoms with Gasteiger partial charge >= 0.3 is 5.97 Å². The second kappa shape index (κ2) is 8.19. The molecule has 2 aromatic heterocycles. The number of hydrogen-bond donors (Lipinski definition) is 2. The Hall–Kier alpha value is -4.20. The van der Waals surface area contributed by atoms with Gasteiger partial charge in [-0.15, -0.1) is 5.10 Å². The van der Waals surface area contributed by atoms with Crippen molar-refractivity contribution in [2.45, 2.75) is 45.7 Å². The van der Waals surface area contributed by atoms with E-state index in [1.54, 1.807) is 16.6 Å². The Kier molecular flexibility index (Phi) is 5.07. The molecule has 6 rings (SSSR count). The summed E-state index contributed by atoms with van der Waals surface area (Å²) in [7, 11) is 0. The number of aryl methyl sites for hydroxylation is 1. The fourth-order valence-corrected chi connectivity index (χ4v) is 5.35. The number of nitrogens with two attached hydrogens (primary N) is 1. The van der Waals surface area contributed by atoms with Crippen molar-refractivity contribution in [1.29, 1.82) is 0 Å². The molecule has 1 amide bonds. The highest BCUT2D eigenvalue weighted by molar-refractivity contribution is 6.00. The minimum atomic E-state index is -0.874. The lowest BCUT2D eigenvalue weighted by molar-refractivity contribution is -0.136. The summed E-state index contributed by atoms with van der Waals surface area (Å²) < 4.78 is 1.65. The van der Waals surface area contributed by atoms with E-state index in [2.05, 4.69) is 18.1 Å². The van der Waals surface area contributed by atoms with Gasteiger partial charge in [0, 0.05) is 29.9 Å². The second-order valence-electron chi connectivity index (χ2n) is 9.95. The molecule has 3 N–H and O–H groups in total. The Bertz CT molecular complexity index is 1540. The Labute approximate surface area is 208 Å². The zero-order chi connectivity index (χ0) is 25.1. The number of amides is 1. The second-order valence-corrected chi connectivity index (χ2v) is 9.95. The van der Waals surface area contributed by atoms with Gasteiger partial charge in [-0.2, -0.15) is 0 Å². The Morgan fingerprint density at radius 1 is 1.14 bits per heavy atom. The van der Waals surface area contributed by atoms with Crippen molar-refractivity contribution in [1.82, 2.24) is 19.5 Å². The molecule has 8 nitrogen and oxygen atoms in total. The van der Waals surface area contributed by atoms with Crippen LogP contribution in [0.4, 0.5) is 5.82 Å². The van der Waals surface area contributed by atoms with Gasteiger partial charge in [0.2, 0.25) is 0 Å². The van der Waals surface area contributed by atoms with Crippen LogP contribution in [0, 0.1) is 12.8 Å². The maximum Gasteiger partial charge on any atom is 0.307 e. The molecule has 1 aliphatic heterocycles. The lowest BCUT2D eigenvalue weighted by atomic mass is 9.98. The largest absolute Gasteiger partial charge is 0.481 e. The van der Waals surface area contributed by atoms with E-state index in [1.165, 1.54) is 12.8 Å². The van der Waals surface area contributed by atoms with Crippen LogP contribution in [0.15, 0.2) is 48.7 Å². The fraction of sp³-hybridized carbons (Fsp3) is 0.286. The molecule has 2 aliphatic rings. The third kappa shape index (κ3) is 3.69. The van der Waals surface area contributed by atoms with Gasteiger partial charge < -0.3 is 15.7 Å². The summed E-state index contributed by atoms with van der Waals surface area (Å²) in [4.78, 5) is 31.1. The molecule has 0 saturated heterocycles. The lowest BCUT2D eigenvalue weighted by Crippen LogP contribution is -2.34. The SMILES string of the molecule is Cc1cc(-c2ccn3nc(N)c(-c4ccc(CC(=O)O)cc4)c3n2)cc2c1C(=O)N([C@@H](C)C1CC1)C2. The van der Waals surface area contributed by atoms with Gasteiger partial charge in [0.05, 0.1) is 17.7 Å². The summed E-state index contributed by atoms with van der Waals surface area (Å²) in [6.45, 7) is 4.79. The summed E-state index contributed by atoms with van der Waals surface area (Å²) in [6, 6.07) is 13.5. The van der Waals surface area contributed by atoms with Crippen molar-refractivity contribution in [3.63, 3.8) is 0 Å². The van der Waals surface area contributed by atoms with E-state index in [9.17, 15) is 9.59 Å². The molecule has 0 radical (unpaired) electrons. The van der Waals surface area contributed by atoms with E-state index < -0.39 is 5.97 Å². The number of aliphatic carboxylic acids is 1. The molecule has 1 aliphatic carbocycles. The van der Waals surface area contributed by atoms with Crippen molar-refractivity contribution < 1.29 is 14.7 Å². The van der Waals surface area contributed by atoms with Gasteiger partial charge in [-0.05, 0) is 73.1 Å². The van der Waals surface area contributed by atoms with Crippen LogP contribution in [0.1, 0.15) is 46.8 Å². The van der Waals surface area contributed by atoms with E-state index in [0.717, 1.165) is 33.5 Å². The minimum absolute atomic E-state index is 0.0377. The molecule has 4 aromatic rings. The molecular formula is C28H27N5O3. The molecular weight excluding hydrogens is 454 g/mol. The highest BCUT2D eigenvalue weighted by atomic mass is 16.4. The Morgan fingerprint density at radius 2 is 1.89 bits per heavy atom. The zero-order valence-corrected chi connectivity index (χ0v) is 20.2. The number of nitrogen functional groups attached to an aromatic ring is 1. The molecule has 36 heavy (non-hydrogen) atoms. The molecule has 0 unspecified atom stereocenters. The number of nitrogens with zero attached hydrogens (tertiary/aromatic N) is 4. The number of anilines is 1. The minimum Gasteiger partial charge on any atom is -0.481 e. The van der Waals surface area contributed by atoms with Gasteiger partial charge in [-0.1, -0.05) is 24.3 Å². The highest BCUT2D eigenvalue weighted by Crippen LogP contribution is 2.40.